The molecule has 0 aromatic heterocycles. The largest absolute Gasteiger partial charge is 0.352 e. The van der Waals surface area contributed by atoms with E-state index in [1.54, 1.807) is 0 Å². The van der Waals surface area contributed by atoms with Gasteiger partial charge < -0.3 is 5.32 Å². The molecule has 0 heterocycles. The van der Waals surface area contributed by atoms with Gasteiger partial charge in [-0.1, -0.05) is 27.7 Å². The first-order valence-corrected chi connectivity index (χ1v) is 5.03. The predicted molar refractivity (Wildman–Crippen MR) is 56.5 cm³/mol. The first-order chi connectivity index (χ1) is 6.32. The second kappa shape index (κ2) is 4.99. The summed E-state index contributed by atoms with van der Waals surface area (Å²) in [5.41, 5.74) is 0.0312. The summed E-state index contributed by atoms with van der Waals surface area (Å²) in [6, 6.07) is 2.08. The van der Waals surface area contributed by atoms with Gasteiger partial charge in [-0.2, -0.15) is 5.26 Å². The molecule has 14 heavy (non-hydrogen) atoms. The highest BCUT2D eigenvalue weighted by molar-refractivity contribution is 5.81. The molecule has 0 aliphatic rings. The van der Waals surface area contributed by atoms with Crippen LogP contribution in [0.1, 0.15) is 41.0 Å². The predicted octanol–water partition coefficient (Wildman–Crippen LogP) is 2.09. The lowest BCUT2D eigenvalue weighted by molar-refractivity contribution is -0.124. The standard InChI is InChI=1S/C11H20N2O/c1-6-9(7-12)10(14)13-8(2)11(3,4)5/h8-9H,6H2,1-5H3,(H,13,14). The first kappa shape index (κ1) is 13.0. The molecule has 1 amide bonds. The zero-order valence-corrected chi connectivity index (χ0v) is 9.72. The molecule has 0 radical (unpaired) electrons. The van der Waals surface area contributed by atoms with Crippen molar-refractivity contribution in [2.75, 3.05) is 0 Å². The monoisotopic (exact) mass is 196 g/mol. The van der Waals surface area contributed by atoms with Gasteiger partial charge in [0.25, 0.3) is 0 Å². The van der Waals surface area contributed by atoms with Gasteiger partial charge in [-0.25, -0.2) is 0 Å². The van der Waals surface area contributed by atoms with Crippen molar-refractivity contribution in [1.29, 1.82) is 5.26 Å². The Labute approximate surface area is 86.5 Å². The average Bonchev–Trinajstić information content (AvgIpc) is 2.04. The molecule has 0 saturated carbocycles. The van der Waals surface area contributed by atoms with E-state index in [9.17, 15) is 4.79 Å². The third kappa shape index (κ3) is 3.78. The number of nitriles is 1. The number of rotatable bonds is 3. The Bertz CT molecular complexity index is 235. The molecule has 0 aliphatic carbocycles. The molecular formula is C11H20N2O. The molecule has 0 rings (SSSR count). The Kier molecular flexibility index (Phi) is 4.62. The van der Waals surface area contributed by atoms with Crippen molar-refractivity contribution in [2.24, 2.45) is 11.3 Å². The van der Waals surface area contributed by atoms with E-state index in [1.807, 2.05) is 19.9 Å². The maximum atomic E-state index is 11.5. The van der Waals surface area contributed by atoms with E-state index in [2.05, 4.69) is 26.1 Å². The van der Waals surface area contributed by atoms with Crippen LogP contribution >= 0.6 is 0 Å². The molecule has 80 valence electrons. The summed E-state index contributed by atoms with van der Waals surface area (Å²) in [5, 5.41) is 11.6. The fourth-order valence-corrected chi connectivity index (χ4v) is 0.866. The van der Waals surface area contributed by atoms with E-state index in [0.29, 0.717) is 6.42 Å². The summed E-state index contributed by atoms with van der Waals surface area (Å²) in [6.07, 6.45) is 0.569. The average molecular weight is 196 g/mol. The first-order valence-electron chi connectivity index (χ1n) is 5.03. The van der Waals surface area contributed by atoms with Crippen LogP contribution in [-0.4, -0.2) is 11.9 Å². The van der Waals surface area contributed by atoms with Gasteiger partial charge in [0.2, 0.25) is 5.91 Å². The maximum absolute atomic E-state index is 11.5. The van der Waals surface area contributed by atoms with Gasteiger partial charge in [0.15, 0.2) is 0 Å². The van der Waals surface area contributed by atoms with Gasteiger partial charge in [0, 0.05) is 6.04 Å². The number of amides is 1. The second-order valence-corrected chi connectivity index (χ2v) is 4.69. The number of hydrogen-bond donors (Lipinski definition) is 1. The van der Waals surface area contributed by atoms with Crippen LogP contribution in [0.3, 0.4) is 0 Å². The van der Waals surface area contributed by atoms with Crippen LogP contribution in [0.2, 0.25) is 0 Å². The fraction of sp³-hybridized carbons (Fsp3) is 0.818. The summed E-state index contributed by atoms with van der Waals surface area (Å²) in [5.74, 6) is -0.669. The van der Waals surface area contributed by atoms with E-state index in [0.717, 1.165) is 0 Å². The van der Waals surface area contributed by atoms with Crippen LogP contribution in [0.15, 0.2) is 0 Å². The zero-order chi connectivity index (χ0) is 11.4. The number of nitrogens with zero attached hydrogens (tertiary/aromatic N) is 1. The number of carbonyl (C=O) groups is 1. The molecule has 2 unspecified atom stereocenters. The molecule has 0 aromatic carbocycles. The quantitative estimate of drug-likeness (QED) is 0.751. The SMILES string of the molecule is CCC(C#N)C(=O)NC(C)C(C)(C)C. The Morgan fingerprint density at radius 2 is 2.00 bits per heavy atom. The third-order valence-electron chi connectivity index (χ3n) is 2.54. The Hall–Kier alpha value is -1.04. The van der Waals surface area contributed by atoms with Crippen molar-refractivity contribution < 1.29 is 4.79 Å². The number of nitrogens with one attached hydrogen (secondary N) is 1. The third-order valence-corrected chi connectivity index (χ3v) is 2.54. The minimum absolute atomic E-state index is 0.0312. The normalized spacial score (nSPS) is 15.4. The van der Waals surface area contributed by atoms with Gasteiger partial charge >= 0.3 is 0 Å². The molecule has 0 aliphatic heterocycles. The summed E-state index contributed by atoms with van der Waals surface area (Å²) >= 11 is 0. The van der Waals surface area contributed by atoms with Crippen LogP contribution in [0.5, 0.6) is 0 Å². The number of hydrogen-bond acceptors (Lipinski definition) is 2. The van der Waals surface area contributed by atoms with Crippen LogP contribution < -0.4 is 5.32 Å². The molecule has 3 nitrogen and oxygen atoms in total. The van der Waals surface area contributed by atoms with Crippen molar-refractivity contribution in [3.63, 3.8) is 0 Å². The minimum Gasteiger partial charge on any atom is -0.352 e. The second-order valence-electron chi connectivity index (χ2n) is 4.69. The summed E-state index contributed by atoms with van der Waals surface area (Å²) in [7, 11) is 0. The van der Waals surface area contributed by atoms with Crippen molar-refractivity contribution in [3.8, 4) is 6.07 Å². The zero-order valence-electron chi connectivity index (χ0n) is 9.72. The molecule has 0 fully saturated rings. The molecular weight excluding hydrogens is 176 g/mol. The highest BCUT2D eigenvalue weighted by Crippen LogP contribution is 2.19. The maximum Gasteiger partial charge on any atom is 0.237 e. The Morgan fingerprint density at radius 3 is 2.29 bits per heavy atom. The van der Waals surface area contributed by atoms with Gasteiger partial charge in [0.05, 0.1) is 6.07 Å². The van der Waals surface area contributed by atoms with Gasteiger partial charge in [-0.05, 0) is 18.8 Å². The topological polar surface area (TPSA) is 52.9 Å². The summed E-state index contributed by atoms with van der Waals surface area (Å²) in [6.45, 7) is 9.99. The summed E-state index contributed by atoms with van der Waals surface area (Å²) in [4.78, 5) is 11.5. The lowest BCUT2D eigenvalue weighted by Crippen LogP contribution is -2.43. The molecule has 3 heteroatoms. The van der Waals surface area contributed by atoms with Crippen LogP contribution in [0.25, 0.3) is 0 Å². The van der Waals surface area contributed by atoms with E-state index in [1.165, 1.54) is 0 Å². The van der Waals surface area contributed by atoms with E-state index in [4.69, 9.17) is 5.26 Å². The Balaban J connectivity index is 4.27. The molecule has 0 aromatic rings. The van der Waals surface area contributed by atoms with Crippen molar-refractivity contribution >= 4 is 5.91 Å². The molecule has 0 bridgehead atoms. The van der Waals surface area contributed by atoms with Crippen molar-refractivity contribution in [3.05, 3.63) is 0 Å². The van der Waals surface area contributed by atoms with Crippen molar-refractivity contribution in [1.82, 2.24) is 5.32 Å². The van der Waals surface area contributed by atoms with Crippen LogP contribution in [-0.2, 0) is 4.79 Å². The van der Waals surface area contributed by atoms with Crippen molar-refractivity contribution in [2.45, 2.75) is 47.1 Å². The van der Waals surface area contributed by atoms with E-state index >= 15 is 0 Å². The highest BCUT2D eigenvalue weighted by Gasteiger charge is 2.24. The number of carbonyl (C=O) groups excluding carboxylic acids is 1. The smallest absolute Gasteiger partial charge is 0.237 e. The summed E-state index contributed by atoms with van der Waals surface area (Å²) < 4.78 is 0. The van der Waals surface area contributed by atoms with Gasteiger partial charge in [0.1, 0.15) is 5.92 Å². The van der Waals surface area contributed by atoms with E-state index < -0.39 is 5.92 Å². The minimum atomic E-state index is -0.514. The lowest BCUT2D eigenvalue weighted by Gasteiger charge is -2.28. The van der Waals surface area contributed by atoms with E-state index in [-0.39, 0.29) is 17.4 Å². The van der Waals surface area contributed by atoms with Gasteiger partial charge in [-0.3, -0.25) is 4.79 Å². The molecule has 1 N–H and O–H groups in total. The lowest BCUT2D eigenvalue weighted by atomic mass is 9.87. The van der Waals surface area contributed by atoms with Crippen LogP contribution in [0.4, 0.5) is 0 Å². The van der Waals surface area contributed by atoms with Crippen LogP contribution in [0, 0.1) is 22.7 Å². The molecule has 0 saturated heterocycles. The fourth-order valence-electron chi connectivity index (χ4n) is 0.866. The Morgan fingerprint density at radius 1 is 1.50 bits per heavy atom. The highest BCUT2D eigenvalue weighted by atomic mass is 16.1. The molecule has 2 atom stereocenters. The molecule has 0 spiro atoms. The van der Waals surface area contributed by atoms with Gasteiger partial charge in [-0.15, -0.1) is 0 Å².